The summed E-state index contributed by atoms with van der Waals surface area (Å²) in [6.45, 7) is 6.15. The first kappa shape index (κ1) is 17.5. The highest BCUT2D eigenvalue weighted by atomic mass is 16.6. The Hall–Kier alpha value is -1.59. The fourth-order valence-electron chi connectivity index (χ4n) is 1.90. The number of alkyl carbamates (subject to hydrolysis) is 1. The lowest BCUT2D eigenvalue weighted by atomic mass is 10.0. The highest BCUT2D eigenvalue weighted by Crippen LogP contribution is 2.13. The molecule has 0 heterocycles. The number of nitrogens with one attached hydrogen (secondary N) is 1. The first-order valence-electron chi connectivity index (χ1n) is 7.23. The van der Waals surface area contributed by atoms with Crippen molar-refractivity contribution in [2.24, 2.45) is 5.73 Å². The van der Waals surface area contributed by atoms with Crippen LogP contribution in [0.1, 0.15) is 38.3 Å². The van der Waals surface area contributed by atoms with Crippen molar-refractivity contribution in [2.75, 3.05) is 6.54 Å². The molecule has 0 saturated carbocycles. The van der Waals surface area contributed by atoms with Crippen molar-refractivity contribution in [3.05, 3.63) is 35.4 Å². The molecule has 1 rings (SSSR count). The van der Waals surface area contributed by atoms with E-state index in [0.717, 1.165) is 17.5 Å². The predicted octanol–water partition coefficient (Wildman–Crippen LogP) is 1.96. The molecule has 5 heteroatoms. The third-order valence-corrected chi connectivity index (χ3v) is 2.96. The van der Waals surface area contributed by atoms with Gasteiger partial charge >= 0.3 is 6.09 Å². The molecule has 0 saturated heterocycles. The molecule has 0 fully saturated rings. The summed E-state index contributed by atoms with van der Waals surface area (Å²) in [5.74, 6) is 0. The van der Waals surface area contributed by atoms with Crippen molar-refractivity contribution in [1.82, 2.24) is 5.32 Å². The summed E-state index contributed by atoms with van der Waals surface area (Å²) in [6.07, 6.45) is 0.418. The van der Waals surface area contributed by atoms with Crippen LogP contribution in [-0.2, 0) is 17.7 Å². The molecule has 118 valence electrons. The lowest BCUT2D eigenvalue weighted by Crippen LogP contribution is -2.32. The lowest BCUT2D eigenvalue weighted by Gasteiger charge is -2.20. The van der Waals surface area contributed by atoms with Crippen LogP contribution in [-0.4, -0.2) is 29.4 Å². The molecule has 0 aliphatic rings. The Balaban J connectivity index is 2.57. The Kier molecular flexibility index (Phi) is 6.65. The zero-order valence-electron chi connectivity index (χ0n) is 13.1. The van der Waals surface area contributed by atoms with Gasteiger partial charge in [0.2, 0.25) is 0 Å². The van der Waals surface area contributed by atoms with Crippen LogP contribution >= 0.6 is 0 Å². The second kappa shape index (κ2) is 8.00. The molecular formula is C16H26N2O3. The van der Waals surface area contributed by atoms with Gasteiger partial charge in [-0.15, -0.1) is 0 Å². The van der Waals surface area contributed by atoms with Gasteiger partial charge < -0.3 is 20.9 Å². The minimum Gasteiger partial charge on any atom is -0.444 e. The normalized spacial score (nSPS) is 12.8. The molecule has 0 spiro atoms. The number of aliphatic hydroxyl groups excluding tert-OH is 1. The third kappa shape index (κ3) is 7.11. The maximum absolute atomic E-state index is 11.7. The SMILES string of the molecule is CC(C)(C)OC(=O)NCc1ccccc1CCC(O)CN. The molecule has 21 heavy (non-hydrogen) atoms. The summed E-state index contributed by atoms with van der Waals surface area (Å²) in [7, 11) is 0. The maximum Gasteiger partial charge on any atom is 0.407 e. The monoisotopic (exact) mass is 294 g/mol. The van der Waals surface area contributed by atoms with E-state index in [1.54, 1.807) is 0 Å². The van der Waals surface area contributed by atoms with Gasteiger partial charge in [0.1, 0.15) is 5.60 Å². The van der Waals surface area contributed by atoms with Crippen LogP contribution in [0.2, 0.25) is 0 Å². The fraction of sp³-hybridized carbons (Fsp3) is 0.562. The summed E-state index contributed by atoms with van der Waals surface area (Å²) >= 11 is 0. The number of carbonyl (C=O) groups is 1. The van der Waals surface area contributed by atoms with Crippen molar-refractivity contribution in [2.45, 2.75) is 51.9 Å². The zero-order valence-corrected chi connectivity index (χ0v) is 13.1. The molecule has 0 aliphatic carbocycles. The average molecular weight is 294 g/mol. The quantitative estimate of drug-likeness (QED) is 0.749. The number of ether oxygens (including phenoxy) is 1. The molecule has 0 aromatic heterocycles. The van der Waals surface area contributed by atoms with Gasteiger partial charge in [-0.2, -0.15) is 0 Å². The molecule has 4 N–H and O–H groups in total. The maximum atomic E-state index is 11.7. The predicted molar refractivity (Wildman–Crippen MR) is 82.9 cm³/mol. The highest BCUT2D eigenvalue weighted by molar-refractivity contribution is 5.67. The summed E-state index contributed by atoms with van der Waals surface area (Å²) in [6, 6.07) is 7.83. The second-order valence-corrected chi connectivity index (χ2v) is 6.05. The van der Waals surface area contributed by atoms with Crippen LogP contribution in [0.4, 0.5) is 4.79 Å². The third-order valence-electron chi connectivity index (χ3n) is 2.96. The summed E-state index contributed by atoms with van der Waals surface area (Å²) in [4.78, 5) is 11.7. The van der Waals surface area contributed by atoms with E-state index in [1.165, 1.54) is 0 Å². The van der Waals surface area contributed by atoms with Crippen molar-refractivity contribution < 1.29 is 14.6 Å². The lowest BCUT2D eigenvalue weighted by molar-refractivity contribution is 0.0523. The smallest absolute Gasteiger partial charge is 0.407 e. The number of amides is 1. The van der Waals surface area contributed by atoms with Crippen LogP contribution in [0.25, 0.3) is 0 Å². The minimum absolute atomic E-state index is 0.262. The van der Waals surface area contributed by atoms with Crippen molar-refractivity contribution >= 4 is 6.09 Å². The summed E-state index contributed by atoms with van der Waals surface area (Å²) in [5, 5.41) is 12.3. The van der Waals surface area contributed by atoms with Crippen LogP contribution < -0.4 is 11.1 Å². The van der Waals surface area contributed by atoms with Crippen molar-refractivity contribution in [1.29, 1.82) is 0 Å². The van der Waals surface area contributed by atoms with E-state index in [4.69, 9.17) is 10.5 Å². The minimum atomic E-state index is -0.505. The number of hydrogen-bond acceptors (Lipinski definition) is 4. The van der Waals surface area contributed by atoms with Crippen LogP contribution in [0.5, 0.6) is 0 Å². The zero-order chi connectivity index (χ0) is 15.9. The Morgan fingerprint density at radius 1 is 1.33 bits per heavy atom. The molecule has 1 aromatic carbocycles. The number of carbonyl (C=O) groups excluding carboxylic acids is 1. The molecule has 1 aromatic rings. The van der Waals surface area contributed by atoms with Gasteiger partial charge in [-0.1, -0.05) is 24.3 Å². The number of hydrogen-bond donors (Lipinski definition) is 3. The number of aliphatic hydroxyl groups is 1. The van der Waals surface area contributed by atoms with E-state index >= 15 is 0 Å². The van der Waals surface area contributed by atoms with Crippen molar-refractivity contribution in [3.63, 3.8) is 0 Å². The van der Waals surface area contributed by atoms with Gasteiger partial charge in [0.05, 0.1) is 6.10 Å². The standard InChI is InChI=1S/C16H26N2O3/c1-16(2,3)21-15(20)18-11-13-7-5-4-6-12(13)8-9-14(19)10-17/h4-7,14,19H,8-11,17H2,1-3H3,(H,18,20). The van der Waals surface area contributed by atoms with Gasteiger partial charge in [0.15, 0.2) is 0 Å². The largest absolute Gasteiger partial charge is 0.444 e. The van der Waals surface area contributed by atoms with E-state index < -0.39 is 17.8 Å². The topological polar surface area (TPSA) is 84.6 Å². The number of benzene rings is 1. The van der Waals surface area contributed by atoms with E-state index in [1.807, 2.05) is 45.0 Å². The number of aryl methyl sites for hydroxylation is 1. The van der Waals surface area contributed by atoms with Crippen LogP contribution in [0.15, 0.2) is 24.3 Å². The summed E-state index contributed by atoms with van der Waals surface area (Å²) < 4.78 is 5.21. The van der Waals surface area contributed by atoms with Crippen LogP contribution in [0.3, 0.4) is 0 Å². The van der Waals surface area contributed by atoms with Crippen molar-refractivity contribution in [3.8, 4) is 0 Å². The van der Waals surface area contributed by atoms with E-state index in [9.17, 15) is 9.90 Å². The first-order chi connectivity index (χ1) is 9.81. The van der Waals surface area contributed by atoms with Gasteiger partial charge in [-0.25, -0.2) is 4.79 Å². The molecule has 0 radical (unpaired) electrons. The average Bonchev–Trinajstić information content (AvgIpc) is 2.41. The fourth-order valence-corrected chi connectivity index (χ4v) is 1.90. The number of nitrogens with two attached hydrogens (primary N) is 1. The molecule has 0 bridgehead atoms. The van der Waals surface area contributed by atoms with E-state index in [0.29, 0.717) is 13.0 Å². The Morgan fingerprint density at radius 3 is 2.52 bits per heavy atom. The van der Waals surface area contributed by atoms with Gasteiger partial charge in [-0.05, 0) is 44.7 Å². The van der Waals surface area contributed by atoms with E-state index in [2.05, 4.69) is 5.32 Å². The second-order valence-electron chi connectivity index (χ2n) is 6.05. The Morgan fingerprint density at radius 2 is 1.95 bits per heavy atom. The first-order valence-corrected chi connectivity index (χ1v) is 7.23. The molecule has 5 nitrogen and oxygen atoms in total. The molecule has 1 amide bonds. The highest BCUT2D eigenvalue weighted by Gasteiger charge is 2.16. The molecular weight excluding hydrogens is 268 g/mol. The molecule has 0 aliphatic heterocycles. The van der Waals surface area contributed by atoms with Gasteiger partial charge in [-0.3, -0.25) is 0 Å². The molecule has 1 unspecified atom stereocenters. The molecule has 1 atom stereocenters. The van der Waals surface area contributed by atoms with E-state index in [-0.39, 0.29) is 6.54 Å². The van der Waals surface area contributed by atoms with Crippen LogP contribution in [0, 0.1) is 0 Å². The Labute approximate surface area is 126 Å². The summed E-state index contributed by atoms with van der Waals surface area (Å²) in [5.41, 5.74) is 7.02. The van der Waals surface area contributed by atoms with Gasteiger partial charge in [0.25, 0.3) is 0 Å². The Bertz CT molecular complexity index is 455. The van der Waals surface area contributed by atoms with Gasteiger partial charge in [0, 0.05) is 13.1 Å². The number of rotatable bonds is 6.